The highest BCUT2D eigenvalue weighted by Gasteiger charge is 2.12. The van der Waals surface area contributed by atoms with Gasteiger partial charge in [-0.25, -0.2) is 4.99 Å². The lowest BCUT2D eigenvalue weighted by Crippen LogP contribution is -2.03. The maximum atomic E-state index is 5.12. The fourth-order valence-corrected chi connectivity index (χ4v) is 1.43. The number of hydrogen-bond donors (Lipinski definition) is 0. The molecule has 2 nitrogen and oxygen atoms in total. The van der Waals surface area contributed by atoms with Crippen LogP contribution in [-0.4, -0.2) is 13.8 Å². The zero-order chi connectivity index (χ0) is 10.3. The Morgan fingerprint density at radius 1 is 1.46 bits per heavy atom. The van der Waals surface area contributed by atoms with E-state index in [0.717, 1.165) is 18.4 Å². The second-order valence-electron chi connectivity index (χ2n) is 2.84. The zero-order valence-electron chi connectivity index (χ0n) is 8.84. The van der Waals surface area contributed by atoms with Gasteiger partial charge in [0.25, 0.3) is 0 Å². The van der Waals surface area contributed by atoms with E-state index in [-0.39, 0.29) is 0 Å². The molecule has 74 valence electrons. The third-order valence-corrected chi connectivity index (χ3v) is 2.23. The van der Waals surface area contributed by atoms with Crippen molar-refractivity contribution < 1.29 is 4.74 Å². The molecule has 0 unspecified atom stereocenters. The summed E-state index contributed by atoms with van der Waals surface area (Å²) in [5.74, 6) is 1.07. The largest absolute Gasteiger partial charge is 0.481 e. The molecule has 0 atom stereocenters. The standard InChI is InChI=1S/C11H19NO/c1-6-9(7-2)10(8-3)11(12-4)13-5/h8-9H,3-4,6-7H2,1-2,5H3/b11-10-. The van der Waals surface area contributed by atoms with Crippen molar-refractivity contribution in [1.82, 2.24) is 0 Å². The molecule has 0 bridgehead atoms. The van der Waals surface area contributed by atoms with E-state index in [1.54, 1.807) is 7.11 Å². The third-order valence-electron chi connectivity index (χ3n) is 2.23. The van der Waals surface area contributed by atoms with E-state index in [9.17, 15) is 0 Å². The molecule has 0 aromatic heterocycles. The molecule has 0 saturated carbocycles. The van der Waals surface area contributed by atoms with Gasteiger partial charge in [0.05, 0.1) is 7.11 Å². The maximum absolute atomic E-state index is 5.12. The van der Waals surface area contributed by atoms with Crippen molar-refractivity contribution in [3.05, 3.63) is 24.1 Å². The quantitative estimate of drug-likeness (QED) is 0.350. The minimum Gasteiger partial charge on any atom is -0.481 e. The summed E-state index contributed by atoms with van der Waals surface area (Å²) in [7, 11) is 1.61. The van der Waals surface area contributed by atoms with Gasteiger partial charge in [0.2, 0.25) is 5.88 Å². The van der Waals surface area contributed by atoms with Crippen molar-refractivity contribution >= 4 is 6.72 Å². The van der Waals surface area contributed by atoms with Crippen molar-refractivity contribution in [2.24, 2.45) is 10.9 Å². The Bertz CT molecular complexity index is 202. The Labute approximate surface area is 81.0 Å². The predicted octanol–water partition coefficient (Wildman–Crippen LogP) is 3.17. The normalized spacial score (nSPS) is 12.3. The Balaban J connectivity index is 4.91. The molecule has 0 aromatic rings. The van der Waals surface area contributed by atoms with Crippen molar-refractivity contribution in [1.29, 1.82) is 0 Å². The molecule has 0 fully saturated rings. The van der Waals surface area contributed by atoms with Crippen LogP contribution >= 0.6 is 0 Å². The number of hydrogen-bond acceptors (Lipinski definition) is 2. The third kappa shape index (κ3) is 3.05. The summed E-state index contributed by atoms with van der Waals surface area (Å²) in [5, 5.41) is 0. The SMILES string of the molecule is C=C/C(=C(\N=C)OC)C(CC)CC. The van der Waals surface area contributed by atoms with Crippen LogP contribution in [-0.2, 0) is 4.74 Å². The average molecular weight is 181 g/mol. The van der Waals surface area contributed by atoms with Crippen LogP contribution in [0.3, 0.4) is 0 Å². The van der Waals surface area contributed by atoms with E-state index in [2.05, 4.69) is 32.1 Å². The first-order chi connectivity index (χ1) is 6.24. The Morgan fingerprint density at radius 2 is 2.00 bits per heavy atom. The van der Waals surface area contributed by atoms with Crippen molar-refractivity contribution in [2.75, 3.05) is 7.11 Å². The summed E-state index contributed by atoms with van der Waals surface area (Å²) in [5.41, 5.74) is 1.06. The van der Waals surface area contributed by atoms with E-state index >= 15 is 0 Å². The summed E-state index contributed by atoms with van der Waals surface area (Å²) < 4.78 is 5.12. The van der Waals surface area contributed by atoms with E-state index in [1.807, 2.05) is 6.08 Å². The van der Waals surface area contributed by atoms with Crippen LogP contribution in [0.5, 0.6) is 0 Å². The number of rotatable bonds is 6. The number of ether oxygens (including phenoxy) is 1. The summed E-state index contributed by atoms with van der Waals surface area (Å²) in [6.45, 7) is 11.5. The van der Waals surface area contributed by atoms with Gasteiger partial charge in [0.15, 0.2) is 0 Å². The average Bonchev–Trinajstić information content (AvgIpc) is 2.18. The molecule has 0 spiro atoms. The van der Waals surface area contributed by atoms with Gasteiger partial charge >= 0.3 is 0 Å². The van der Waals surface area contributed by atoms with E-state index < -0.39 is 0 Å². The summed E-state index contributed by atoms with van der Waals surface area (Å²) in [6, 6.07) is 0. The van der Waals surface area contributed by atoms with Crippen LogP contribution < -0.4 is 0 Å². The minimum atomic E-state index is 0.470. The highest BCUT2D eigenvalue weighted by atomic mass is 16.5. The van der Waals surface area contributed by atoms with E-state index in [4.69, 9.17) is 4.74 Å². The van der Waals surface area contributed by atoms with Crippen LogP contribution in [0.4, 0.5) is 0 Å². The van der Waals surface area contributed by atoms with Crippen LogP contribution in [0, 0.1) is 5.92 Å². The van der Waals surface area contributed by atoms with Gasteiger partial charge in [-0.15, -0.1) is 0 Å². The molecule has 13 heavy (non-hydrogen) atoms. The van der Waals surface area contributed by atoms with Gasteiger partial charge in [-0.3, -0.25) is 0 Å². The zero-order valence-corrected chi connectivity index (χ0v) is 8.84. The van der Waals surface area contributed by atoms with Gasteiger partial charge in [-0.1, -0.05) is 26.5 Å². The molecule has 0 amide bonds. The minimum absolute atomic E-state index is 0.470. The molecule has 0 rings (SSSR count). The summed E-state index contributed by atoms with van der Waals surface area (Å²) in [6.07, 6.45) is 3.95. The van der Waals surface area contributed by atoms with Gasteiger partial charge in [-0.05, 0) is 25.5 Å². The molecule has 0 aromatic carbocycles. The van der Waals surface area contributed by atoms with Gasteiger partial charge < -0.3 is 4.74 Å². The lowest BCUT2D eigenvalue weighted by Gasteiger charge is -2.15. The second-order valence-corrected chi connectivity index (χ2v) is 2.84. The first-order valence-electron chi connectivity index (χ1n) is 4.62. The molecule has 0 aliphatic rings. The highest BCUT2D eigenvalue weighted by Crippen LogP contribution is 2.23. The molecule has 0 saturated heterocycles. The van der Waals surface area contributed by atoms with E-state index in [1.165, 1.54) is 0 Å². The lowest BCUT2D eigenvalue weighted by molar-refractivity contribution is 0.279. The van der Waals surface area contributed by atoms with Crippen LogP contribution in [0.15, 0.2) is 29.1 Å². The molecule has 0 aliphatic heterocycles. The van der Waals surface area contributed by atoms with Crippen LogP contribution in [0.1, 0.15) is 26.7 Å². The highest BCUT2D eigenvalue weighted by molar-refractivity contribution is 5.32. The van der Waals surface area contributed by atoms with Gasteiger partial charge in [-0.2, -0.15) is 0 Å². The topological polar surface area (TPSA) is 21.6 Å². The molecular formula is C11H19NO. The fourth-order valence-electron chi connectivity index (χ4n) is 1.43. The summed E-state index contributed by atoms with van der Waals surface area (Å²) in [4.78, 5) is 3.83. The number of allylic oxidation sites excluding steroid dienone is 2. The van der Waals surface area contributed by atoms with Gasteiger partial charge in [0.1, 0.15) is 0 Å². The van der Waals surface area contributed by atoms with Crippen LogP contribution in [0.2, 0.25) is 0 Å². The number of aliphatic imine (C=N–C) groups is 1. The molecule has 0 heterocycles. The molecule has 0 N–H and O–H groups in total. The Morgan fingerprint density at radius 3 is 2.23 bits per heavy atom. The molecule has 0 aliphatic carbocycles. The maximum Gasteiger partial charge on any atom is 0.215 e. The van der Waals surface area contributed by atoms with Crippen molar-refractivity contribution in [3.63, 3.8) is 0 Å². The van der Waals surface area contributed by atoms with Gasteiger partial charge in [0, 0.05) is 5.57 Å². The Kier molecular flexibility index (Phi) is 5.94. The second kappa shape index (κ2) is 6.46. The van der Waals surface area contributed by atoms with Crippen molar-refractivity contribution in [2.45, 2.75) is 26.7 Å². The fraction of sp³-hybridized carbons (Fsp3) is 0.545. The first-order valence-corrected chi connectivity index (χ1v) is 4.62. The number of nitrogens with zero attached hydrogens (tertiary/aromatic N) is 1. The lowest BCUT2D eigenvalue weighted by atomic mass is 9.94. The number of methoxy groups -OCH3 is 1. The smallest absolute Gasteiger partial charge is 0.215 e. The van der Waals surface area contributed by atoms with Crippen LogP contribution in [0.25, 0.3) is 0 Å². The Hall–Kier alpha value is -1.05. The molecule has 0 radical (unpaired) electrons. The summed E-state index contributed by atoms with van der Waals surface area (Å²) >= 11 is 0. The monoisotopic (exact) mass is 181 g/mol. The predicted molar refractivity (Wildman–Crippen MR) is 57.9 cm³/mol. The molecular weight excluding hydrogens is 162 g/mol. The molecule has 2 heteroatoms. The first kappa shape index (κ1) is 11.9. The van der Waals surface area contributed by atoms with Crippen molar-refractivity contribution in [3.8, 4) is 0 Å². The van der Waals surface area contributed by atoms with E-state index in [0.29, 0.717) is 11.8 Å².